The van der Waals surface area contributed by atoms with Crippen molar-refractivity contribution in [2.24, 2.45) is 7.05 Å². The topological polar surface area (TPSA) is 65.3 Å². The SMILES string of the molecule is CNCCCn1c(=O)c2cc(OC)ccc2n(C)c1=O. The Morgan fingerprint density at radius 1 is 1.30 bits per heavy atom. The van der Waals surface area contributed by atoms with Crippen molar-refractivity contribution in [2.45, 2.75) is 13.0 Å². The molecule has 0 fully saturated rings. The van der Waals surface area contributed by atoms with Crippen LogP contribution >= 0.6 is 0 Å². The molecule has 0 saturated heterocycles. The summed E-state index contributed by atoms with van der Waals surface area (Å²) in [5.41, 5.74) is 0.0625. The summed E-state index contributed by atoms with van der Waals surface area (Å²) in [6, 6.07) is 5.15. The van der Waals surface area contributed by atoms with Crippen molar-refractivity contribution in [3.63, 3.8) is 0 Å². The van der Waals surface area contributed by atoms with Gasteiger partial charge in [-0.05, 0) is 38.2 Å². The van der Waals surface area contributed by atoms with Crippen molar-refractivity contribution in [3.05, 3.63) is 39.0 Å². The average Bonchev–Trinajstić information content (AvgIpc) is 2.48. The number of nitrogens with one attached hydrogen (secondary N) is 1. The van der Waals surface area contributed by atoms with Crippen molar-refractivity contribution in [1.29, 1.82) is 0 Å². The molecule has 1 aromatic heterocycles. The zero-order valence-corrected chi connectivity index (χ0v) is 12.0. The van der Waals surface area contributed by atoms with E-state index < -0.39 is 0 Å². The molecular formula is C14H19N3O3. The monoisotopic (exact) mass is 277 g/mol. The number of nitrogens with zero attached hydrogens (tertiary/aromatic N) is 2. The van der Waals surface area contributed by atoms with Crippen LogP contribution in [0, 0.1) is 0 Å². The molecule has 0 aliphatic rings. The second kappa shape index (κ2) is 5.92. The maximum absolute atomic E-state index is 12.4. The third-order valence-corrected chi connectivity index (χ3v) is 3.37. The van der Waals surface area contributed by atoms with E-state index in [9.17, 15) is 9.59 Å². The Kier molecular flexibility index (Phi) is 4.24. The van der Waals surface area contributed by atoms with Gasteiger partial charge in [0.05, 0.1) is 18.0 Å². The molecule has 0 unspecified atom stereocenters. The van der Waals surface area contributed by atoms with Crippen LogP contribution in [0.25, 0.3) is 10.9 Å². The van der Waals surface area contributed by atoms with Crippen molar-refractivity contribution >= 4 is 10.9 Å². The van der Waals surface area contributed by atoms with E-state index in [-0.39, 0.29) is 11.2 Å². The third-order valence-electron chi connectivity index (χ3n) is 3.37. The molecule has 1 heterocycles. The highest BCUT2D eigenvalue weighted by atomic mass is 16.5. The Morgan fingerprint density at radius 2 is 2.05 bits per heavy atom. The standard InChI is InChI=1S/C14H19N3O3/c1-15-7-4-8-17-13(18)11-9-10(20-3)5-6-12(11)16(2)14(17)19/h5-6,9,15H,4,7-8H2,1-3H3. The van der Waals surface area contributed by atoms with Crippen LogP contribution in [0.2, 0.25) is 0 Å². The molecule has 1 aromatic carbocycles. The quantitative estimate of drug-likeness (QED) is 0.799. The lowest BCUT2D eigenvalue weighted by atomic mass is 10.2. The smallest absolute Gasteiger partial charge is 0.331 e. The van der Waals surface area contributed by atoms with Crippen LogP contribution in [-0.2, 0) is 13.6 Å². The van der Waals surface area contributed by atoms with Crippen molar-refractivity contribution in [2.75, 3.05) is 20.7 Å². The van der Waals surface area contributed by atoms with E-state index in [1.54, 1.807) is 32.4 Å². The Labute approximate surface area is 116 Å². The van der Waals surface area contributed by atoms with Crippen LogP contribution < -0.4 is 21.3 Å². The first-order chi connectivity index (χ1) is 9.60. The Hall–Kier alpha value is -2.08. The van der Waals surface area contributed by atoms with Crippen LogP contribution in [0.5, 0.6) is 5.75 Å². The predicted molar refractivity (Wildman–Crippen MR) is 78.5 cm³/mol. The summed E-state index contributed by atoms with van der Waals surface area (Å²) in [6.45, 7) is 1.16. The van der Waals surface area contributed by atoms with Crippen LogP contribution in [0.1, 0.15) is 6.42 Å². The van der Waals surface area contributed by atoms with Gasteiger partial charge >= 0.3 is 5.69 Å². The summed E-state index contributed by atoms with van der Waals surface area (Å²) < 4.78 is 7.91. The molecule has 0 radical (unpaired) electrons. The number of aromatic nitrogens is 2. The molecule has 0 aliphatic heterocycles. The minimum absolute atomic E-state index is 0.266. The first-order valence-corrected chi connectivity index (χ1v) is 6.52. The second-order valence-electron chi connectivity index (χ2n) is 4.64. The van der Waals surface area contributed by atoms with Crippen molar-refractivity contribution in [3.8, 4) is 5.75 Å². The predicted octanol–water partition coefficient (Wildman–Crippen LogP) is 0.318. The normalized spacial score (nSPS) is 10.9. The summed E-state index contributed by atoms with van der Waals surface area (Å²) in [4.78, 5) is 24.7. The molecule has 0 aliphatic carbocycles. The molecule has 6 heteroatoms. The lowest BCUT2D eigenvalue weighted by Gasteiger charge is -2.11. The van der Waals surface area contributed by atoms with Gasteiger partial charge in [-0.2, -0.15) is 0 Å². The lowest BCUT2D eigenvalue weighted by molar-refractivity contribution is 0.415. The molecule has 2 rings (SSSR count). The molecule has 108 valence electrons. The molecule has 0 amide bonds. The highest BCUT2D eigenvalue weighted by Gasteiger charge is 2.11. The number of hydrogen-bond donors (Lipinski definition) is 1. The van der Waals surface area contributed by atoms with Crippen molar-refractivity contribution in [1.82, 2.24) is 14.5 Å². The van der Waals surface area contributed by atoms with Gasteiger partial charge in [-0.25, -0.2) is 4.79 Å². The Bertz CT molecular complexity index is 731. The van der Waals surface area contributed by atoms with Crippen molar-refractivity contribution < 1.29 is 4.74 Å². The van der Waals surface area contributed by atoms with Gasteiger partial charge in [0.1, 0.15) is 5.75 Å². The van der Waals surface area contributed by atoms with Gasteiger partial charge < -0.3 is 10.1 Å². The molecule has 0 atom stereocenters. The summed E-state index contributed by atoms with van der Waals surface area (Å²) in [6.07, 6.45) is 0.723. The van der Waals surface area contributed by atoms with Gasteiger partial charge in [-0.1, -0.05) is 0 Å². The third kappa shape index (κ3) is 2.46. The Morgan fingerprint density at radius 3 is 2.70 bits per heavy atom. The van der Waals surface area contributed by atoms with E-state index in [4.69, 9.17) is 4.74 Å². The maximum Gasteiger partial charge on any atom is 0.331 e. The number of methoxy groups -OCH3 is 1. The van der Waals surface area contributed by atoms with E-state index in [0.29, 0.717) is 23.2 Å². The second-order valence-corrected chi connectivity index (χ2v) is 4.64. The van der Waals surface area contributed by atoms with Gasteiger partial charge in [-0.3, -0.25) is 13.9 Å². The zero-order chi connectivity index (χ0) is 14.7. The fourth-order valence-corrected chi connectivity index (χ4v) is 2.23. The minimum atomic E-state index is -0.288. The maximum atomic E-state index is 12.4. The number of fused-ring (bicyclic) bond motifs is 1. The highest BCUT2D eigenvalue weighted by molar-refractivity contribution is 5.79. The van der Waals surface area contributed by atoms with Crippen LogP contribution in [-0.4, -0.2) is 29.8 Å². The average molecular weight is 277 g/mol. The number of hydrogen-bond acceptors (Lipinski definition) is 4. The molecule has 6 nitrogen and oxygen atoms in total. The first kappa shape index (κ1) is 14.3. The van der Waals surface area contributed by atoms with E-state index in [2.05, 4.69) is 5.32 Å². The Balaban J connectivity index is 2.64. The minimum Gasteiger partial charge on any atom is -0.497 e. The zero-order valence-electron chi connectivity index (χ0n) is 12.0. The van der Waals surface area contributed by atoms with Crippen LogP contribution in [0.3, 0.4) is 0 Å². The summed E-state index contributed by atoms with van der Waals surface area (Å²) in [5, 5.41) is 3.50. The van der Waals surface area contributed by atoms with Gasteiger partial charge in [0, 0.05) is 13.6 Å². The van der Waals surface area contributed by atoms with Crippen LogP contribution in [0.15, 0.2) is 27.8 Å². The van der Waals surface area contributed by atoms with E-state index in [0.717, 1.165) is 13.0 Å². The molecule has 0 bridgehead atoms. The largest absolute Gasteiger partial charge is 0.497 e. The number of aryl methyl sites for hydroxylation is 1. The van der Waals surface area contributed by atoms with Gasteiger partial charge in [0.15, 0.2) is 0 Å². The van der Waals surface area contributed by atoms with E-state index >= 15 is 0 Å². The van der Waals surface area contributed by atoms with Gasteiger partial charge in [0.25, 0.3) is 5.56 Å². The fourth-order valence-electron chi connectivity index (χ4n) is 2.23. The van der Waals surface area contributed by atoms with Crippen LogP contribution in [0.4, 0.5) is 0 Å². The van der Waals surface area contributed by atoms with E-state index in [1.807, 2.05) is 7.05 Å². The molecule has 0 spiro atoms. The number of rotatable bonds is 5. The summed E-state index contributed by atoms with van der Waals surface area (Å²) in [5.74, 6) is 0.607. The molecule has 0 saturated carbocycles. The molecule has 2 aromatic rings. The summed E-state index contributed by atoms with van der Waals surface area (Å²) in [7, 11) is 5.06. The van der Waals surface area contributed by atoms with Gasteiger partial charge in [-0.15, -0.1) is 0 Å². The van der Waals surface area contributed by atoms with Gasteiger partial charge in [0.2, 0.25) is 0 Å². The molecular weight excluding hydrogens is 258 g/mol. The summed E-state index contributed by atoms with van der Waals surface area (Å²) >= 11 is 0. The molecule has 1 N–H and O–H groups in total. The highest BCUT2D eigenvalue weighted by Crippen LogP contribution is 2.16. The molecule has 20 heavy (non-hydrogen) atoms. The number of benzene rings is 1. The van der Waals surface area contributed by atoms with E-state index in [1.165, 1.54) is 9.13 Å². The first-order valence-electron chi connectivity index (χ1n) is 6.52. The fraction of sp³-hybridized carbons (Fsp3) is 0.429. The number of ether oxygens (including phenoxy) is 1. The lowest BCUT2D eigenvalue weighted by Crippen LogP contribution is -2.39.